The largest absolute Gasteiger partial charge is 0.478 e. The summed E-state index contributed by atoms with van der Waals surface area (Å²) >= 11 is 0. The highest BCUT2D eigenvalue weighted by Gasteiger charge is 2.12. The quantitative estimate of drug-likeness (QED) is 0.102. The minimum Gasteiger partial charge on any atom is -0.478 e. The van der Waals surface area contributed by atoms with Gasteiger partial charge in [0.2, 0.25) is 0 Å². The zero-order valence-corrected chi connectivity index (χ0v) is 36.3. The molecule has 312 valence electrons. The van der Waals surface area contributed by atoms with Gasteiger partial charge in [0.05, 0.1) is 11.3 Å². The first-order valence-corrected chi connectivity index (χ1v) is 20.5. The van der Waals surface area contributed by atoms with Gasteiger partial charge in [-0.3, -0.25) is 0 Å². The molecule has 0 aromatic heterocycles. The van der Waals surface area contributed by atoms with Crippen LogP contribution in [0.15, 0.2) is 194 Å². The second-order valence-corrected chi connectivity index (χ2v) is 15.4. The van der Waals surface area contributed by atoms with E-state index in [2.05, 4.69) is 128 Å². The number of nitrogen functional groups attached to an aromatic ring is 1. The van der Waals surface area contributed by atoms with Gasteiger partial charge >= 0.3 is 5.97 Å². The highest BCUT2D eigenvalue weighted by atomic mass is 16.4. The smallest absolute Gasteiger partial charge is 0.337 e. The lowest BCUT2D eigenvalue weighted by Gasteiger charge is -2.15. The molecule has 8 rings (SSSR count). The Morgan fingerprint density at radius 2 is 0.806 bits per heavy atom. The van der Waals surface area contributed by atoms with Crippen LogP contribution in [0.4, 0.5) is 39.8 Å². The summed E-state index contributed by atoms with van der Waals surface area (Å²) in [5.74, 6) is -0.952. The van der Waals surface area contributed by atoms with Gasteiger partial charge in [0.25, 0.3) is 0 Å². The highest BCUT2D eigenvalue weighted by molar-refractivity contribution is 5.96. The van der Waals surface area contributed by atoms with Crippen LogP contribution in [0.5, 0.6) is 0 Å². The molecular weight excluding hydrogens is 763 g/mol. The van der Waals surface area contributed by atoms with E-state index in [0.29, 0.717) is 5.69 Å². The first-order valence-electron chi connectivity index (χ1n) is 20.5. The molecule has 0 aliphatic rings. The molecule has 0 amide bonds. The van der Waals surface area contributed by atoms with E-state index < -0.39 is 5.97 Å². The van der Waals surface area contributed by atoms with Gasteiger partial charge < -0.3 is 31.3 Å². The number of nitrogens with two attached hydrogens (primary N) is 1. The molecule has 0 radical (unpaired) electrons. The summed E-state index contributed by atoms with van der Waals surface area (Å²) in [6.07, 6.45) is 0. The number of benzene rings is 8. The van der Waals surface area contributed by atoms with Crippen molar-refractivity contribution < 1.29 is 9.90 Å². The molecule has 0 unspecified atom stereocenters. The van der Waals surface area contributed by atoms with Gasteiger partial charge in [-0.05, 0) is 131 Å². The second kappa shape index (κ2) is 21.0. The third kappa shape index (κ3) is 11.9. The Labute approximate surface area is 366 Å². The van der Waals surface area contributed by atoms with Crippen LogP contribution in [0.2, 0.25) is 0 Å². The molecule has 7 heteroatoms. The molecule has 5 N–H and O–H groups in total. The van der Waals surface area contributed by atoms with Crippen LogP contribution in [-0.4, -0.2) is 39.3 Å². The molecule has 0 atom stereocenters. The third-order valence-electron chi connectivity index (χ3n) is 10.4. The number of aryl methyl sites for hydroxylation is 2. The third-order valence-corrected chi connectivity index (χ3v) is 10.4. The summed E-state index contributed by atoms with van der Waals surface area (Å²) in [5, 5.41) is 16.2. The molecule has 0 aliphatic carbocycles. The van der Waals surface area contributed by atoms with E-state index in [0.717, 1.165) is 45.1 Å². The van der Waals surface area contributed by atoms with E-state index in [9.17, 15) is 9.90 Å². The van der Waals surface area contributed by atoms with Crippen LogP contribution in [0, 0.1) is 13.8 Å². The average Bonchev–Trinajstić information content (AvgIpc) is 3.29. The summed E-state index contributed by atoms with van der Waals surface area (Å²) in [6, 6.07) is 65.0. The summed E-state index contributed by atoms with van der Waals surface area (Å²) in [7, 11) is 8.06. The molecule has 7 nitrogen and oxygen atoms in total. The van der Waals surface area contributed by atoms with Gasteiger partial charge in [-0.15, -0.1) is 0 Å². The fraction of sp³-hybridized carbons (Fsp3) is 0.109. The molecule has 0 heterocycles. The van der Waals surface area contributed by atoms with Crippen molar-refractivity contribution in [3.05, 3.63) is 211 Å². The predicted molar refractivity (Wildman–Crippen MR) is 265 cm³/mol. The Kier molecular flexibility index (Phi) is 14.8. The molecule has 8 aromatic rings. The summed E-state index contributed by atoms with van der Waals surface area (Å²) in [4.78, 5) is 15.7. The molecule has 0 aliphatic heterocycles. The van der Waals surface area contributed by atoms with Crippen LogP contribution < -0.4 is 26.2 Å². The van der Waals surface area contributed by atoms with Gasteiger partial charge in [0.1, 0.15) is 0 Å². The van der Waals surface area contributed by atoms with Crippen LogP contribution in [0.25, 0.3) is 33.4 Å². The van der Waals surface area contributed by atoms with Crippen molar-refractivity contribution in [2.24, 2.45) is 0 Å². The highest BCUT2D eigenvalue weighted by Crippen LogP contribution is 2.31. The number of hydrogen-bond acceptors (Lipinski definition) is 6. The summed E-state index contributed by atoms with van der Waals surface area (Å²) < 4.78 is 0. The number of carbonyl (C=O) groups is 1. The van der Waals surface area contributed by atoms with Crippen molar-refractivity contribution in [3.8, 4) is 33.4 Å². The number of aromatic carboxylic acids is 1. The normalized spacial score (nSPS) is 10.3. The van der Waals surface area contributed by atoms with Crippen molar-refractivity contribution in [2.45, 2.75) is 13.8 Å². The number of carboxylic acids is 1. The van der Waals surface area contributed by atoms with E-state index in [1.807, 2.05) is 123 Å². The van der Waals surface area contributed by atoms with Gasteiger partial charge in [0, 0.05) is 62.3 Å². The Hall–Kier alpha value is -7.77. The fourth-order valence-electron chi connectivity index (χ4n) is 6.66. The van der Waals surface area contributed by atoms with Crippen LogP contribution >= 0.6 is 0 Å². The molecule has 0 bridgehead atoms. The zero-order valence-electron chi connectivity index (χ0n) is 36.3. The number of hydrogen-bond donors (Lipinski definition) is 4. The molecule has 0 saturated heterocycles. The van der Waals surface area contributed by atoms with E-state index in [1.165, 1.54) is 33.5 Å². The Bertz CT molecular complexity index is 2660. The standard InChI is InChI=1S/C21H20N2O2.C21H22N2.C13H13N/c1-23(2)18-11-9-17(10-12-18)22-20-14-16(8-13-19(20)21(24)25)15-6-4-3-5-7-15;1-16-9-10-18(17-7-5-4-6-8-17)15-21(16)22-19-11-13-20(14-12-19)23(2)3;1-10-7-8-12(9-13(10)14)11-5-3-2-4-6-11/h3-14,22H,1-2H3,(H,24,25);4-15,22H,1-3H3;2-9H,14H2,1H3. The Morgan fingerprint density at radius 1 is 0.435 bits per heavy atom. The maximum Gasteiger partial charge on any atom is 0.337 e. The van der Waals surface area contributed by atoms with Crippen molar-refractivity contribution in [1.29, 1.82) is 0 Å². The van der Waals surface area contributed by atoms with Crippen molar-refractivity contribution in [2.75, 3.05) is 54.4 Å². The minimum atomic E-state index is -0.952. The second-order valence-electron chi connectivity index (χ2n) is 15.4. The lowest BCUT2D eigenvalue weighted by molar-refractivity contribution is 0.0698. The molecular formula is C55H55N5O2. The number of anilines is 7. The number of carboxylic acid groups (broad SMARTS) is 1. The molecule has 0 fully saturated rings. The maximum atomic E-state index is 11.6. The molecule has 0 spiro atoms. The van der Waals surface area contributed by atoms with Crippen LogP contribution in [0.1, 0.15) is 21.5 Å². The Balaban J connectivity index is 0.000000161. The van der Waals surface area contributed by atoms with E-state index >= 15 is 0 Å². The first-order chi connectivity index (χ1) is 29.9. The molecule has 62 heavy (non-hydrogen) atoms. The molecule has 8 aromatic carbocycles. The van der Waals surface area contributed by atoms with Gasteiger partial charge in [-0.2, -0.15) is 0 Å². The number of nitrogens with zero attached hydrogens (tertiary/aromatic N) is 2. The monoisotopic (exact) mass is 817 g/mol. The maximum absolute atomic E-state index is 11.6. The van der Waals surface area contributed by atoms with Crippen LogP contribution in [-0.2, 0) is 0 Å². The van der Waals surface area contributed by atoms with Crippen LogP contribution in [0.3, 0.4) is 0 Å². The predicted octanol–water partition coefficient (Wildman–Crippen LogP) is 13.6. The first kappa shape index (κ1) is 43.8. The summed E-state index contributed by atoms with van der Waals surface area (Å²) in [6.45, 7) is 4.15. The Morgan fingerprint density at radius 3 is 1.21 bits per heavy atom. The van der Waals surface area contributed by atoms with E-state index in [-0.39, 0.29) is 5.56 Å². The fourth-order valence-corrected chi connectivity index (χ4v) is 6.66. The average molecular weight is 818 g/mol. The van der Waals surface area contributed by atoms with Gasteiger partial charge in [0.15, 0.2) is 0 Å². The summed E-state index contributed by atoms with van der Waals surface area (Å²) in [5.41, 5.74) is 22.1. The zero-order chi connectivity index (χ0) is 44.0. The minimum absolute atomic E-state index is 0.247. The van der Waals surface area contributed by atoms with Crippen molar-refractivity contribution in [1.82, 2.24) is 0 Å². The van der Waals surface area contributed by atoms with Gasteiger partial charge in [-0.25, -0.2) is 4.79 Å². The van der Waals surface area contributed by atoms with Crippen molar-refractivity contribution >= 4 is 45.8 Å². The number of rotatable bonds is 10. The topological polar surface area (TPSA) is 93.9 Å². The lowest BCUT2D eigenvalue weighted by atomic mass is 10.0. The van der Waals surface area contributed by atoms with Crippen molar-refractivity contribution in [3.63, 3.8) is 0 Å². The van der Waals surface area contributed by atoms with Gasteiger partial charge in [-0.1, -0.05) is 121 Å². The SMILES string of the molecule is CN(C)c1ccc(Nc2cc(-c3ccccc3)ccc2C(=O)O)cc1.Cc1ccc(-c2ccccc2)cc1N.Cc1ccc(-c2ccccc2)cc1Nc1ccc(N(C)C)cc1. The van der Waals surface area contributed by atoms with E-state index in [1.54, 1.807) is 6.07 Å². The van der Waals surface area contributed by atoms with E-state index in [4.69, 9.17) is 5.73 Å². The number of nitrogens with one attached hydrogen (secondary N) is 2. The lowest BCUT2D eigenvalue weighted by Crippen LogP contribution is -2.08. The molecule has 0 saturated carbocycles.